The van der Waals surface area contributed by atoms with Gasteiger partial charge in [-0.05, 0) is 115 Å². The molecule has 117 heavy (non-hydrogen) atoms. The Morgan fingerprint density at radius 3 is 0.419 bits per heavy atom. The summed E-state index contributed by atoms with van der Waals surface area (Å²) in [5, 5.41) is 22.0. The molecule has 0 saturated heterocycles. The molecule has 0 aliphatic carbocycles. The number of carbonyl (C=O) groups excluding carboxylic acids is 2. The molecule has 0 N–H and O–H groups in total. The average molecular weight is 1650 g/mol. The summed E-state index contributed by atoms with van der Waals surface area (Å²) in [4.78, 5) is 22.8. The maximum absolute atomic E-state index is 11.0. The Morgan fingerprint density at radius 2 is 0.299 bits per heavy atom. The number of unbranched alkanes of at least 4 members (excludes halogenated alkanes) is 72. The molecule has 0 saturated carbocycles. The largest absolute Gasteiger partial charge is 0.545 e. The Balaban J connectivity index is 0.00000187. The number of carboxylic acid groups (broad SMARTS) is 2. The van der Waals surface area contributed by atoms with Gasteiger partial charge in [0.25, 0.3) is 0 Å². The van der Waals surface area contributed by atoms with Gasteiger partial charge < -0.3 is 28.8 Å². The number of rotatable bonds is 92. The molecule has 2 rings (SSSR count). The number of carboxylic acids is 2. The molecular weight excluding hydrogens is 1450 g/mol. The molecule has 0 unspecified atom stereocenters. The fourth-order valence-corrected chi connectivity index (χ4v) is 19.4. The Bertz CT molecular complexity index is 1930. The van der Waals surface area contributed by atoms with Crippen molar-refractivity contribution in [3.8, 4) is 0 Å². The molecule has 7 heteroatoms. The average Bonchev–Trinajstić information content (AvgIpc) is 0.839. The highest BCUT2D eigenvalue weighted by Crippen LogP contribution is 2.33. The van der Waals surface area contributed by atoms with E-state index in [2.05, 4.69) is 55.4 Å². The van der Waals surface area contributed by atoms with Gasteiger partial charge in [-0.1, -0.05) is 514 Å². The van der Waals surface area contributed by atoms with Crippen LogP contribution in [0.4, 0.5) is 0 Å². The number of aromatic carboxylic acids is 2. The first-order chi connectivity index (χ1) is 57.6. The lowest BCUT2D eigenvalue weighted by Gasteiger charge is -2.40. The maximum Gasteiger partial charge on any atom is 0.0786 e. The van der Waals surface area contributed by atoms with Gasteiger partial charge in [0.2, 0.25) is 0 Å². The molecular formula is C110H208N2O4S. The van der Waals surface area contributed by atoms with Crippen LogP contribution in [0.25, 0.3) is 0 Å². The standard InChI is InChI=1S/2C48H100N.C14H10O4S/c2*1-5-9-13-17-21-25-29-33-37-41-45-49(46-42-38-34-30-26-22-18-14-10-6-2,47-43-39-35-31-27-23-19-15-11-7-3)48-44-40-36-32-28-24-20-16-12-8-4;15-13(16)9-5-1-3-7-11(9)19-12-8-4-2-6-10(12)14(17)18/h2*5-48H2,1-4H3;1-8H,(H,15,16)(H,17,18)/q2*+1;/p-2. The van der Waals surface area contributed by atoms with Crippen LogP contribution in [0.2, 0.25) is 0 Å². The Labute approximate surface area is 738 Å². The van der Waals surface area contributed by atoms with Crippen LogP contribution < -0.4 is 10.2 Å². The number of carbonyl (C=O) groups is 2. The van der Waals surface area contributed by atoms with Crippen LogP contribution in [0.5, 0.6) is 0 Å². The second-order valence-electron chi connectivity index (χ2n) is 37.6. The third-order valence-electron chi connectivity index (χ3n) is 26.3. The smallest absolute Gasteiger partial charge is 0.0786 e. The number of quaternary nitrogens is 2. The molecule has 2 aromatic rings. The molecule has 0 spiro atoms. The lowest BCUT2D eigenvalue weighted by molar-refractivity contribution is -0.929. The summed E-state index contributed by atoms with van der Waals surface area (Å²) in [5.41, 5.74) is 0.0568. The summed E-state index contributed by atoms with van der Waals surface area (Å²) < 4.78 is 2.98. The first kappa shape index (κ1) is 115. The first-order valence-electron chi connectivity index (χ1n) is 53.6. The SMILES string of the molecule is CCCCCCCCCCCC[N+](CCCCCCCCCCCC)(CCCCCCCCCCCC)CCCCCCCCCCCC.CCCCCCCCCCCC[N+](CCCCCCCCCCCC)(CCCCCCCCCCCC)CCCCCCCCCCCC.O=C([O-])c1ccccc1Sc1ccccc1C(=O)[O-]. The van der Waals surface area contributed by atoms with Crippen LogP contribution in [-0.2, 0) is 0 Å². The zero-order valence-electron chi connectivity index (χ0n) is 80.8. The number of hydrogen-bond acceptors (Lipinski definition) is 5. The van der Waals surface area contributed by atoms with Crippen LogP contribution in [-0.4, -0.2) is 73.3 Å². The lowest BCUT2D eigenvalue weighted by Crippen LogP contribution is -2.50. The highest BCUT2D eigenvalue weighted by molar-refractivity contribution is 7.99. The van der Waals surface area contributed by atoms with Gasteiger partial charge in [-0.25, -0.2) is 0 Å². The van der Waals surface area contributed by atoms with E-state index in [1.54, 1.807) is 36.4 Å². The zero-order chi connectivity index (χ0) is 85.1. The highest BCUT2D eigenvalue weighted by atomic mass is 32.2. The predicted octanol–water partition coefficient (Wildman–Crippen LogP) is 35.5. The molecule has 0 aliphatic heterocycles. The fraction of sp³-hybridized carbons (Fsp3) is 0.873. The normalized spacial score (nSPS) is 11.7. The second-order valence-corrected chi connectivity index (χ2v) is 38.7. The Morgan fingerprint density at radius 1 is 0.188 bits per heavy atom. The van der Waals surface area contributed by atoms with Crippen LogP contribution >= 0.6 is 11.8 Å². The summed E-state index contributed by atoms with van der Waals surface area (Å²) in [6.45, 7) is 30.6. The Kier molecular flexibility index (Phi) is 91.0. The first-order valence-corrected chi connectivity index (χ1v) is 54.4. The van der Waals surface area contributed by atoms with Crippen molar-refractivity contribution in [3.05, 3.63) is 59.7 Å². The van der Waals surface area contributed by atoms with Crippen molar-refractivity contribution in [2.75, 3.05) is 52.4 Å². The molecule has 0 amide bonds. The molecule has 0 aliphatic rings. The van der Waals surface area contributed by atoms with E-state index in [-0.39, 0.29) is 11.1 Å². The molecule has 0 aromatic heterocycles. The molecule has 688 valence electrons. The van der Waals surface area contributed by atoms with Crippen LogP contribution in [0.3, 0.4) is 0 Å². The van der Waals surface area contributed by atoms with Crippen LogP contribution in [0, 0.1) is 0 Å². The number of hydrogen-bond donors (Lipinski definition) is 0. The second kappa shape index (κ2) is 92.8. The molecule has 0 fully saturated rings. The van der Waals surface area contributed by atoms with Gasteiger partial charge in [0, 0.05) is 20.9 Å². The van der Waals surface area contributed by atoms with Crippen LogP contribution in [0.1, 0.15) is 590 Å². The summed E-state index contributed by atoms with van der Waals surface area (Å²) in [5.74, 6) is -2.59. The number of benzene rings is 2. The molecule has 2 aromatic carbocycles. The van der Waals surface area contributed by atoms with E-state index >= 15 is 0 Å². The zero-order valence-corrected chi connectivity index (χ0v) is 81.6. The Hall–Kier alpha value is -2.35. The summed E-state index contributed by atoms with van der Waals surface area (Å²) in [6, 6.07) is 12.6. The van der Waals surface area contributed by atoms with Crippen molar-refractivity contribution < 1.29 is 28.8 Å². The summed E-state index contributed by atoms with van der Waals surface area (Å²) in [6.07, 6.45) is 117. The van der Waals surface area contributed by atoms with Gasteiger partial charge in [-0.2, -0.15) is 0 Å². The van der Waals surface area contributed by atoms with Crippen LogP contribution in [0.15, 0.2) is 58.3 Å². The van der Waals surface area contributed by atoms with Crippen molar-refractivity contribution in [2.45, 2.75) is 579 Å². The van der Waals surface area contributed by atoms with Gasteiger partial charge in [0.05, 0.1) is 64.3 Å². The van der Waals surface area contributed by atoms with Gasteiger partial charge in [-0.15, -0.1) is 0 Å². The van der Waals surface area contributed by atoms with E-state index in [1.807, 2.05) is 0 Å². The van der Waals surface area contributed by atoms with E-state index in [0.29, 0.717) is 9.79 Å². The van der Waals surface area contributed by atoms with Gasteiger partial charge in [0.1, 0.15) is 0 Å². The fourth-order valence-electron chi connectivity index (χ4n) is 18.4. The van der Waals surface area contributed by atoms with Gasteiger partial charge in [-0.3, -0.25) is 0 Å². The van der Waals surface area contributed by atoms with Crippen molar-refractivity contribution >= 4 is 23.7 Å². The number of nitrogens with zero attached hydrogens (tertiary/aromatic N) is 2. The molecule has 6 nitrogen and oxygen atoms in total. The summed E-state index contributed by atoms with van der Waals surface area (Å²) in [7, 11) is 0. The van der Waals surface area contributed by atoms with E-state index in [4.69, 9.17) is 0 Å². The van der Waals surface area contributed by atoms with Crippen molar-refractivity contribution in [2.24, 2.45) is 0 Å². The highest BCUT2D eigenvalue weighted by Gasteiger charge is 2.28. The van der Waals surface area contributed by atoms with Gasteiger partial charge >= 0.3 is 0 Å². The van der Waals surface area contributed by atoms with E-state index in [9.17, 15) is 19.8 Å². The lowest BCUT2D eigenvalue weighted by atomic mass is 10.0. The molecule has 0 atom stereocenters. The third-order valence-corrected chi connectivity index (χ3v) is 27.5. The monoisotopic (exact) mass is 1650 g/mol. The minimum absolute atomic E-state index is 0.0284. The summed E-state index contributed by atoms with van der Waals surface area (Å²) >= 11 is 1.06. The molecule has 0 bridgehead atoms. The van der Waals surface area contributed by atoms with Gasteiger partial charge in [0.15, 0.2) is 0 Å². The van der Waals surface area contributed by atoms with E-state index in [1.165, 1.54) is 587 Å². The maximum atomic E-state index is 11.0. The van der Waals surface area contributed by atoms with Crippen molar-refractivity contribution in [1.82, 2.24) is 0 Å². The minimum Gasteiger partial charge on any atom is -0.545 e. The van der Waals surface area contributed by atoms with Crippen molar-refractivity contribution in [3.63, 3.8) is 0 Å². The molecule has 0 radical (unpaired) electrons. The molecule has 0 heterocycles. The van der Waals surface area contributed by atoms with E-state index in [0.717, 1.165) is 11.8 Å². The predicted molar refractivity (Wildman–Crippen MR) is 520 cm³/mol. The minimum atomic E-state index is -1.30. The topological polar surface area (TPSA) is 80.3 Å². The quantitative estimate of drug-likeness (QED) is 0.0487. The third kappa shape index (κ3) is 77.0. The van der Waals surface area contributed by atoms with E-state index < -0.39 is 11.9 Å². The van der Waals surface area contributed by atoms with Crippen molar-refractivity contribution in [1.29, 1.82) is 0 Å².